The molecule has 0 saturated heterocycles. The summed E-state index contributed by atoms with van der Waals surface area (Å²) in [5.41, 5.74) is 0. The van der Waals surface area contributed by atoms with Crippen LogP contribution in [0, 0.1) is 0 Å². The molecule has 0 amide bonds. The Bertz CT molecular complexity index is 313. The van der Waals surface area contributed by atoms with E-state index < -0.39 is 36.4 Å². The molecule has 0 radical (unpaired) electrons. The van der Waals surface area contributed by atoms with Crippen LogP contribution in [-0.2, 0) is 19.2 Å². The van der Waals surface area contributed by atoms with Crippen molar-refractivity contribution < 1.29 is 44.7 Å². The molecule has 1 atom stereocenters. The molecule has 10 heteroatoms. The topological polar surface area (TPSA) is 169 Å². The summed E-state index contributed by atoms with van der Waals surface area (Å²) < 4.78 is 0. The van der Waals surface area contributed by atoms with Crippen molar-refractivity contribution >= 4 is 75.3 Å². The van der Waals surface area contributed by atoms with Gasteiger partial charge in [0.1, 0.15) is 0 Å². The van der Waals surface area contributed by atoms with Gasteiger partial charge in [-0.3, -0.25) is 14.4 Å². The Hall–Kier alpha value is -0.524. The standard InChI is InChI=1S/C6H10O4.C4H6O5.K.H/c7-5(8)3-1-2-4-6(9)10;5-2(4(8)9)1-3(6)7;;/h1-4H2,(H,7,8)(H,9,10);2,5H,1H2,(H,6,7)(H,8,9);;. The van der Waals surface area contributed by atoms with Crippen LogP contribution in [0.2, 0.25) is 0 Å². The maximum atomic E-state index is 9.90. The molecule has 0 rings (SSSR count). The van der Waals surface area contributed by atoms with E-state index >= 15 is 0 Å². The van der Waals surface area contributed by atoms with E-state index in [1.54, 1.807) is 0 Å². The summed E-state index contributed by atoms with van der Waals surface area (Å²) in [5.74, 6) is -4.59. The number of hydrogen-bond donors (Lipinski definition) is 5. The molecule has 5 N–H and O–H groups in total. The summed E-state index contributed by atoms with van der Waals surface area (Å²) in [5, 5.41) is 40.4. The Labute approximate surface area is 157 Å². The number of hydrogen-bond acceptors (Lipinski definition) is 5. The molecule has 0 spiro atoms. The van der Waals surface area contributed by atoms with E-state index in [1.807, 2.05) is 0 Å². The molecular weight excluding hydrogens is 303 g/mol. The van der Waals surface area contributed by atoms with Gasteiger partial charge in [0, 0.05) is 12.8 Å². The van der Waals surface area contributed by atoms with Gasteiger partial charge in [0.25, 0.3) is 0 Å². The first kappa shape index (κ1) is 24.5. The summed E-state index contributed by atoms with van der Waals surface area (Å²) in [6, 6.07) is 0. The van der Waals surface area contributed by atoms with Crippen molar-refractivity contribution in [1.29, 1.82) is 0 Å². The Morgan fingerprint density at radius 1 is 0.750 bits per heavy atom. The zero-order valence-electron chi connectivity index (χ0n) is 9.98. The molecule has 9 nitrogen and oxygen atoms in total. The number of unbranched alkanes of at least 4 members (excludes halogenated alkanes) is 1. The molecule has 0 aromatic rings. The second-order valence-corrected chi connectivity index (χ2v) is 3.45. The normalized spacial score (nSPS) is 10.2. The van der Waals surface area contributed by atoms with Crippen molar-refractivity contribution in [3.63, 3.8) is 0 Å². The number of aliphatic hydroxyl groups excluding tert-OH is 1. The quantitative estimate of drug-likeness (QED) is 0.277. The molecule has 0 aliphatic carbocycles. The number of rotatable bonds is 8. The van der Waals surface area contributed by atoms with Crippen LogP contribution in [0.1, 0.15) is 32.1 Å². The van der Waals surface area contributed by atoms with Crippen molar-refractivity contribution in [1.82, 2.24) is 0 Å². The van der Waals surface area contributed by atoms with Crippen molar-refractivity contribution in [2.45, 2.75) is 38.2 Å². The second-order valence-electron chi connectivity index (χ2n) is 3.45. The van der Waals surface area contributed by atoms with Crippen LogP contribution in [0.4, 0.5) is 0 Å². The van der Waals surface area contributed by atoms with E-state index in [1.165, 1.54) is 0 Å². The first-order valence-corrected chi connectivity index (χ1v) is 5.23. The molecule has 20 heavy (non-hydrogen) atoms. The Morgan fingerprint density at radius 3 is 1.25 bits per heavy atom. The van der Waals surface area contributed by atoms with E-state index in [2.05, 4.69) is 0 Å². The molecule has 112 valence electrons. The van der Waals surface area contributed by atoms with Crippen molar-refractivity contribution in [3.05, 3.63) is 0 Å². The molecule has 0 heterocycles. The number of carboxylic acids is 4. The van der Waals surface area contributed by atoms with Gasteiger partial charge in [-0.15, -0.1) is 0 Å². The third-order valence-electron chi connectivity index (χ3n) is 1.68. The van der Waals surface area contributed by atoms with Crippen LogP contribution in [0.15, 0.2) is 0 Å². The fourth-order valence-electron chi connectivity index (χ4n) is 0.805. The van der Waals surface area contributed by atoms with Gasteiger partial charge in [0.05, 0.1) is 6.42 Å². The molecule has 0 aromatic carbocycles. The maximum absolute atomic E-state index is 9.90. The fraction of sp³-hybridized carbons (Fsp3) is 0.600. The zero-order chi connectivity index (χ0) is 15.4. The molecule has 0 aliphatic rings. The minimum atomic E-state index is -1.79. The van der Waals surface area contributed by atoms with E-state index in [-0.39, 0.29) is 64.2 Å². The summed E-state index contributed by atoms with van der Waals surface area (Å²) in [6.45, 7) is 0. The van der Waals surface area contributed by atoms with Crippen LogP contribution in [-0.4, -0.2) is 107 Å². The monoisotopic (exact) mass is 320 g/mol. The van der Waals surface area contributed by atoms with E-state index in [4.69, 9.17) is 25.5 Å². The number of carbonyl (C=O) groups is 4. The minimum absolute atomic E-state index is 0. The van der Waals surface area contributed by atoms with Gasteiger partial charge in [0.2, 0.25) is 0 Å². The molecule has 0 aliphatic heterocycles. The summed E-state index contributed by atoms with van der Waals surface area (Å²) in [4.78, 5) is 39.2. The number of aliphatic hydroxyl groups is 1. The molecule has 0 bridgehead atoms. The van der Waals surface area contributed by atoms with Gasteiger partial charge in [-0.25, -0.2) is 4.79 Å². The average molecular weight is 320 g/mol. The van der Waals surface area contributed by atoms with Crippen molar-refractivity contribution in [3.8, 4) is 0 Å². The van der Waals surface area contributed by atoms with Crippen molar-refractivity contribution in [2.24, 2.45) is 0 Å². The van der Waals surface area contributed by atoms with Gasteiger partial charge in [0.15, 0.2) is 6.10 Å². The van der Waals surface area contributed by atoms with Crippen molar-refractivity contribution in [2.75, 3.05) is 0 Å². The van der Waals surface area contributed by atoms with Crippen LogP contribution in [0.3, 0.4) is 0 Å². The van der Waals surface area contributed by atoms with Gasteiger partial charge < -0.3 is 25.5 Å². The van der Waals surface area contributed by atoms with Crippen LogP contribution in [0.5, 0.6) is 0 Å². The zero-order valence-corrected chi connectivity index (χ0v) is 9.98. The van der Waals surface area contributed by atoms with E-state index in [0.717, 1.165) is 0 Å². The molecule has 0 saturated carbocycles. The molecule has 0 fully saturated rings. The van der Waals surface area contributed by atoms with Gasteiger partial charge in [-0.1, -0.05) is 0 Å². The molecule has 0 aromatic heterocycles. The van der Waals surface area contributed by atoms with Gasteiger partial charge >= 0.3 is 75.3 Å². The number of aliphatic carboxylic acids is 4. The second kappa shape index (κ2) is 14.9. The predicted octanol–water partition coefficient (Wildman–Crippen LogP) is -1.03. The summed E-state index contributed by atoms with van der Waals surface area (Å²) in [7, 11) is 0. The molecular formula is C10H17KO9. The van der Waals surface area contributed by atoms with E-state index in [0.29, 0.717) is 12.8 Å². The summed E-state index contributed by atoms with van der Waals surface area (Å²) >= 11 is 0. The third kappa shape index (κ3) is 22.6. The predicted molar refractivity (Wildman–Crippen MR) is 66.8 cm³/mol. The number of carboxylic acid groups (broad SMARTS) is 4. The fourth-order valence-corrected chi connectivity index (χ4v) is 0.805. The summed E-state index contributed by atoms with van der Waals surface area (Å²) in [6.07, 6.45) is -1.53. The Kier molecular flexibility index (Phi) is 18.2. The van der Waals surface area contributed by atoms with Crippen LogP contribution >= 0.6 is 0 Å². The SMILES string of the molecule is O=C(O)CC(O)C(=O)O.O=C(O)CCCCC(=O)O.[KH]. The van der Waals surface area contributed by atoms with Crippen LogP contribution < -0.4 is 0 Å². The van der Waals surface area contributed by atoms with Gasteiger partial charge in [-0.2, -0.15) is 0 Å². The van der Waals surface area contributed by atoms with Crippen LogP contribution in [0.25, 0.3) is 0 Å². The Morgan fingerprint density at radius 2 is 1.10 bits per heavy atom. The first-order chi connectivity index (χ1) is 8.66. The molecule has 1 unspecified atom stereocenters. The third-order valence-corrected chi connectivity index (χ3v) is 1.68. The van der Waals surface area contributed by atoms with E-state index in [9.17, 15) is 19.2 Å². The van der Waals surface area contributed by atoms with Gasteiger partial charge in [-0.05, 0) is 12.8 Å². The first-order valence-electron chi connectivity index (χ1n) is 5.23. The average Bonchev–Trinajstić information content (AvgIpc) is 2.23. The Balaban J connectivity index is -0.000000277.